The van der Waals surface area contributed by atoms with Crippen LogP contribution in [0, 0.1) is 5.41 Å². The number of nitrogen functional groups attached to an aromatic ring is 1. The van der Waals surface area contributed by atoms with Crippen LogP contribution >= 0.6 is 11.8 Å². The highest BCUT2D eigenvalue weighted by molar-refractivity contribution is 7.98. The molecule has 0 atom stereocenters. The van der Waals surface area contributed by atoms with Gasteiger partial charge < -0.3 is 5.73 Å². The van der Waals surface area contributed by atoms with Crippen LogP contribution < -0.4 is 5.73 Å². The van der Waals surface area contributed by atoms with Gasteiger partial charge in [0.05, 0.1) is 4.90 Å². The number of benzene rings is 1. The van der Waals surface area contributed by atoms with Gasteiger partial charge in [0.2, 0.25) is 0 Å². The summed E-state index contributed by atoms with van der Waals surface area (Å²) < 4.78 is 22.8. The molecule has 5 nitrogen and oxygen atoms in total. The van der Waals surface area contributed by atoms with Gasteiger partial charge in [0.25, 0.3) is 0 Å². The van der Waals surface area contributed by atoms with E-state index in [2.05, 4.69) is 4.98 Å². The highest BCUT2D eigenvalue weighted by Gasteiger charge is 2.06. The van der Waals surface area contributed by atoms with Crippen LogP contribution in [-0.4, -0.2) is 25.5 Å². The summed E-state index contributed by atoms with van der Waals surface area (Å²) in [5, 5.41) is 7.36. The topological polar surface area (TPSA) is 96.9 Å². The van der Waals surface area contributed by atoms with E-state index in [4.69, 9.17) is 11.1 Å². The number of aromatic nitrogens is 1. The molecular formula is C14H15N3O2S2. The highest BCUT2D eigenvalue weighted by Crippen LogP contribution is 2.24. The predicted molar refractivity (Wildman–Crippen MR) is 84.4 cm³/mol. The Morgan fingerprint density at radius 1 is 1.29 bits per heavy atom. The van der Waals surface area contributed by atoms with Crippen LogP contribution in [0.2, 0.25) is 0 Å². The lowest BCUT2D eigenvalue weighted by atomic mass is 10.2. The number of thioether (sulfide) groups is 1. The van der Waals surface area contributed by atoms with E-state index in [1.165, 1.54) is 6.26 Å². The van der Waals surface area contributed by atoms with E-state index in [-0.39, 0.29) is 5.84 Å². The Labute approximate surface area is 128 Å². The molecule has 0 unspecified atom stereocenters. The van der Waals surface area contributed by atoms with E-state index >= 15 is 0 Å². The summed E-state index contributed by atoms with van der Waals surface area (Å²) in [6, 6.07) is 10.4. The summed E-state index contributed by atoms with van der Waals surface area (Å²) in [4.78, 5) is 5.30. The van der Waals surface area contributed by atoms with Crippen LogP contribution in [0.3, 0.4) is 0 Å². The van der Waals surface area contributed by atoms with Crippen LogP contribution in [0.15, 0.2) is 52.4 Å². The summed E-state index contributed by atoms with van der Waals surface area (Å²) in [5.41, 5.74) is 6.87. The van der Waals surface area contributed by atoms with Crippen molar-refractivity contribution in [3.63, 3.8) is 0 Å². The SMILES string of the molecule is CS(=O)(=O)c1ccc(SCc2ccnc(C(=N)N)c2)cc1. The summed E-state index contributed by atoms with van der Waals surface area (Å²) in [7, 11) is -3.16. The Hall–Kier alpha value is -1.86. The fraction of sp³-hybridized carbons (Fsp3) is 0.143. The summed E-state index contributed by atoms with van der Waals surface area (Å²) in [6.45, 7) is 0. The van der Waals surface area contributed by atoms with Gasteiger partial charge in [-0.25, -0.2) is 8.42 Å². The van der Waals surface area contributed by atoms with Crippen molar-refractivity contribution < 1.29 is 8.42 Å². The van der Waals surface area contributed by atoms with Gasteiger partial charge in [0.1, 0.15) is 11.5 Å². The van der Waals surface area contributed by atoms with Crippen molar-refractivity contribution in [2.45, 2.75) is 15.5 Å². The minimum absolute atomic E-state index is 0.0562. The highest BCUT2D eigenvalue weighted by atomic mass is 32.2. The minimum atomic E-state index is -3.16. The van der Waals surface area contributed by atoms with Crippen LogP contribution in [0.25, 0.3) is 0 Å². The van der Waals surface area contributed by atoms with Crippen molar-refractivity contribution in [3.8, 4) is 0 Å². The van der Waals surface area contributed by atoms with Crippen LogP contribution in [0.1, 0.15) is 11.3 Å². The Morgan fingerprint density at radius 3 is 2.52 bits per heavy atom. The summed E-state index contributed by atoms with van der Waals surface area (Å²) >= 11 is 1.58. The molecule has 0 aliphatic heterocycles. The number of hydrogen-bond donors (Lipinski definition) is 2. The quantitative estimate of drug-likeness (QED) is 0.499. The molecule has 0 spiro atoms. The molecule has 2 aromatic rings. The number of amidine groups is 1. The maximum absolute atomic E-state index is 11.4. The molecule has 1 heterocycles. The van der Waals surface area contributed by atoms with Crippen molar-refractivity contribution >= 4 is 27.4 Å². The zero-order chi connectivity index (χ0) is 15.5. The average Bonchev–Trinajstić information content (AvgIpc) is 2.45. The Kier molecular flexibility index (Phi) is 4.64. The standard InChI is InChI=1S/C14H15N3O2S2/c1-21(18,19)12-4-2-11(3-5-12)20-9-10-6-7-17-13(8-10)14(15)16/h2-8H,9H2,1H3,(H3,15,16). The van der Waals surface area contributed by atoms with E-state index in [9.17, 15) is 8.42 Å². The van der Waals surface area contributed by atoms with Gasteiger partial charge in [-0.1, -0.05) is 0 Å². The first-order chi connectivity index (χ1) is 9.86. The number of nitrogens with one attached hydrogen (secondary N) is 1. The maximum Gasteiger partial charge on any atom is 0.175 e. The van der Waals surface area contributed by atoms with Gasteiger partial charge in [-0.05, 0) is 42.0 Å². The largest absolute Gasteiger partial charge is 0.382 e. The first-order valence-electron chi connectivity index (χ1n) is 6.08. The van der Waals surface area contributed by atoms with Gasteiger partial charge >= 0.3 is 0 Å². The van der Waals surface area contributed by atoms with Gasteiger partial charge in [-0.3, -0.25) is 10.4 Å². The lowest BCUT2D eigenvalue weighted by molar-refractivity contribution is 0.602. The third-order valence-electron chi connectivity index (χ3n) is 2.76. The van der Waals surface area contributed by atoms with E-state index in [0.29, 0.717) is 16.3 Å². The smallest absolute Gasteiger partial charge is 0.175 e. The fourth-order valence-corrected chi connectivity index (χ4v) is 3.13. The fourth-order valence-electron chi connectivity index (χ4n) is 1.66. The third kappa shape index (κ3) is 4.30. The first-order valence-corrected chi connectivity index (χ1v) is 8.96. The lowest BCUT2D eigenvalue weighted by Gasteiger charge is -2.05. The molecule has 0 bridgehead atoms. The van der Waals surface area contributed by atoms with E-state index < -0.39 is 9.84 Å². The third-order valence-corrected chi connectivity index (χ3v) is 4.97. The molecule has 0 amide bonds. The maximum atomic E-state index is 11.4. The molecular weight excluding hydrogens is 306 g/mol. The molecule has 1 aromatic heterocycles. The number of nitrogens with zero attached hydrogens (tertiary/aromatic N) is 1. The van der Waals surface area contributed by atoms with Crippen LogP contribution in [0.5, 0.6) is 0 Å². The van der Waals surface area contributed by atoms with Crippen molar-refractivity contribution in [3.05, 3.63) is 53.9 Å². The van der Waals surface area contributed by atoms with E-state index in [0.717, 1.165) is 10.5 Å². The van der Waals surface area contributed by atoms with E-state index in [1.54, 1.807) is 48.3 Å². The molecule has 0 aliphatic rings. The molecule has 2 rings (SSSR count). The molecule has 0 aliphatic carbocycles. The number of pyridine rings is 1. The number of rotatable bonds is 5. The minimum Gasteiger partial charge on any atom is -0.382 e. The molecule has 0 saturated heterocycles. The van der Waals surface area contributed by atoms with Gasteiger partial charge in [-0.15, -0.1) is 11.8 Å². The van der Waals surface area contributed by atoms with Crippen molar-refractivity contribution in [2.75, 3.05) is 6.26 Å². The molecule has 7 heteroatoms. The van der Waals surface area contributed by atoms with Crippen LogP contribution in [0.4, 0.5) is 0 Å². The van der Waals surface area contributed by atoms with Gasteiger partial charge in [-0.2, -0.15) is 0 Å². The van der Waals surface area contributed by atoms with Crippen molar-refractivity contribution in [1.82, 2.24) is 4.98 Å². The monoisotopic (exact) mass is 321 g/mol. The second-order valence-corrected chi connectivity index (χ2v) is 7.56. The molecule has 3 N–H and O–H groups in total. The molecule has 0 fully saturated rings. The number of hydrogen-bond acceptors (Lipinski definition) is 5. The molecule has 21 heavy (non-hydrogen) atoms. The van der Waals surface area contributed by atoms with E-state index in [1.807, 2.05) is 6.07 Å². The second-order valence-electron chi connectivity index (χ2n) is 4.50. The number of nitrogens with two attached hydrogens (primary N) is 1. The normalized spacial score (nSPS) is 11.3. The summed E-state index contributed by atoms with van der Waals surface area (Å²) in [6.07, 6.45) is 2.81. The van der Waals surface area contributed by atoms with Gasteiger partial charge in [0, 0.05) is 23.1 Å². The van der Waals surface area contributed by atoms with Crippen LogP contribution in [-0.2, 0) is 15.6 Å². The Bertz CT molecular complexity index is 756. The first kappa shape index (κ1) is 15.5. The van der Waals surface area contributed by atoms with Crippen molar-refractivity contribution in [1.29, 1.82) is 5.41 Å². The Morgan fingerprint density at radius 2 is 1.95 bits per heavy atom. The lowest BCUT2D eigenvalue weighted by Crippen LogP contribution is -2.13. The molecule has 0 radical (unpaired) electrons. The second kappa shape index (κ2) is 6.28. The summed E-state index contributed by atoms with van der Waals surface area (Å²) in [5.74, 6) is 0.639. The Balaban J connectivity index is 2.06. The van der Waals surface area contributed by atoms with Crippen molar-refractivity contribution in [2.24, 2.45) is 5.73 Å². The molecule has 0 saturated carbocycles. The zero-order valence-corrected chi connectivity index (χ0v) is 13.0. The predicted octanol–water partition coefficient (Wildman–Crippen LogP) is 2.06. The molecule has 110 valence electrons. The number of sulfone groups is 1. The van der Waals surface area contributed by atoms with Gasteiger partial charge in [0.15, 0.2) is 9.84 Å². The molecule has 1 aromatic carbocycles. The average molecular weight is 321 g/mol. The zero-order valence-electron chi connectivity index (χ0n) is 11.4.